The van der Waals surface area contributed by atoms with Crippen LogP contribution in [-0.2, 0) is 6.42 Å². The molecule has 1 aliphatic heterocycles. The van der Waals surface area contributed by atoms with Crippen molar-refractivity contribution in [2.45, 2.75) is 32.6 Å². The number of amides is 1. The topological polar surface area (TPSA) is 74.8 Å². The van der Waals surface area contributed by atoms with Crippen LogP contribution in [0.4, 0.5) is 0 Å². The normalized spacial score (nSPS) is 16.9. The Labute approximate surface area is 165 Å². The second kappa shape index (κ2) is 8.33. The van der Waals surface area contributed by atoms with Crippen molar-refractivity contribution in [3.05, 3.63) is 65.2 Å². The minimum absolute atomic E-state index is 0.0565. The lowest BCUT2D eigenvalue weighted by molar-refractivity contribution is 0.0669. The van der Waals surface area contributed by atoms with E-state index in [1.165, 1.54) is 17.5 Å². The summed E-state index contributed by atoms with van der Waals surface area (Å²) in [7, 11) is 0. The highest BCUT2D eigenvalue weighted by molar-refractivity contribution is 6.00. The van der Waals surface area contributed by atoms with Crippen molar-refractivity contribution in [2.24, 2.45) is 5.92 Å². The lowest BCUT2D eigenvalue weighted by Gasteiger charge is -2.33. The second-order valence-corrected chi connectivity index (χ2v) is 7.51. The van der Waals surface area contributed by atoms with Crippen molar-refractivity contribution in [2.75, 3.05) is 13.1 Å². The van der Waals surface area contributed by atoms with Gasteiger partial charge < -0.3 is 4.90 Å². The van der Waals surface area contributed by atoms with Gasteiger partial charge in [0.25, 0.3) is 5.91 Å². The highest BCUT2D eigenvalue weighted by atomic mass is 16.2. The zero-order valence-electron chi connectivity index (χ0n) is 16.1. The Bertz CT molecular complexity index is 938. The third-order valence-electron chi connectivity index (χ3n) is 5.63. The van der Waals surface area contributed by atoms with Crippen LogP contribution in [0.3, 0.4) is 0 Å². The summed E-state index contributed by atoms with van der Waals surface area (Å²) in [5.41, 5.74) is 4.13. The van der Waals surface area contributed by atoms with Gasteiger partial charge in [0.2, 0.25) is 5.82 Å². The van der Waals surface area contributed by atoms with E-state index < -0.39 is 0 Å². The predicted molar refractivity (Wildman–Crippen MR) is 108 cm³/mol. The number of aryl methyl sites for hydroxylation is 2. The number of nitrogens with zero attached hydrogens (tertiary/aromatic N) is 4. The van der Waals surface area contributed by atoms with E-state index >= 15 is 0 Å². The number of H-pyrrole nitrogens is 1. The summed E-state index contributed by atoms with van der Waals surface area (Å²) < 4.78 is 0. The number of hydrogen-bond acceptors (Lipinski definition) is 4. The number of piperidine rings is 1. The molecule has 0 bridgehead atoms. The molecular formula is C22H25N5O. The van der Waals surface area contributed by atoms with Crippen LogP contribution in [0.5, 0.6) is 0 Å². The van der Waals surface area contributed by atoms with E-state index in [-0.39, 0.29) is 5.91 Å². The van der Waals surface area contributed by atoms with Crippen molar-refractivity contribution in [1.82, 2.24) is 25.5 Å². The van der Waals surface area contributed by atoms with E-state index in [0.29, 0.717) is 17.3 Å². The van der Waals surface area contributed by atoms with Crippen LogP contribution in [0.2, 0.25) is 0 Å². The van der Waals surface area contributed by atoms with Gasteiger partial charge in [-0.2, -0.15) is 5.21 Å². The Hall–Kier alpha value is -3.02. The lowest BCUT2D eigenvalue weighted by atomic mass is 9.90. The number of tetrazole rings is 1. The number of likely N-dealkylation sites (tertiary alicyclic amines) is 1. The highest BCUT2D eigenvalue weighted by Crippen LogP contribution is 2.26. The molecule has 6 nitrogen and oxygen atoms in total. The molecule has 1 unspecified atom stereocenters. The van der Waals surface area contributed by atoms with Crippen molar-refractivity contribution in [1.29, 1.82) is 0 Å². The minimum atomic E-state index is 0.0565. The van der Waals surface area contributed by atoms with E-state index in [2.05, 4.69) is 51.8 Å². The summed E-state index contributed by atoms with van der Waals surface area (Å²) >= 11 is 0. The van der Waals surface area contributed by atoms with Gasteiger partial charge in [0.1, 0.15) is 0 Å². The maximum Gasteiger partial charge on any atom is 0.254 e. The molecule has 1 aromatic heterocycles. The molecule has 0 saturated carbocycles. The summed E-state index contributed by atoms with van der Waals surface area (Å²) in [6, 6.07) is 16.1. The van der Waals surface area contributed by atoms with Crippen LogP contribution >= 0.6 is 0 Å². The van der Waals surface area contributed by atoms with E-state index in [1.807, 2.05) is 29.2 Å². The lowest BCUT2D eigenvalue weighted by Crippen LogP contribution is -2.40. The molecule has 28 heavy (non-hydrogen) atoms. The first-order valence-corrected chi connectivity index (χ1v) is 9.89. The number of benzene rings is 2. The molecule has 1 amide bonds. The SMILES string of the molecule is Cc1ccccc1CCC1CCCN(C(=O)c2ccccc2-c2nn[nH]n2)C1. The van der Waals surface area contributed by atoms with Crippen LogP contribution in [0.1, 0.15) is 40.7 Å². The number of nitrogens with one attached hydrogen (secondary N) is 1. The summed E-state index contributed by atoms with van der Waals surface area (Å²) in [6.07, 6.45) is 4.41. The molecule has 1 N–H and O–H groups in total. The number of aromatic nitrogens is 4. The third kappa shape index (κ3) is 3.96. The largest absolute Gasteiger partial charge is 0.338 e. The zero-order valence-corrected chi connectivity index (χ0v) is 16.1. The number of aromatic amines is 1. The van der Waals surface area contributed by atoms with Gasteiger partial charge in [-0.1, -0.05) is 42.5 Å². The Morgan fingerprint density at radius 3 is 2.82 bits per heavy atom. The number of rotatable bonds is 5. The van der Waals surface area contributed by atoms with Crippen LogP contribution in [-0.4, -0.2) is 44.5 Å². The molecule has 0 spiro atoms. The molecule has 3 aromatic rings. The average molecular weight is 375 g/mol. The Morgan fingerprint density at radius 1 is 1.18 bits per heavy atom. The van der Waals surface area contributed by atoms with Crippen LogP contribution in [0.15, 0.2) is 48.5 Å². The maximum atomic E-state index is 13.2. The standard InChI is InChI=1S/C22H25N5O/c1-16-7-2-3-9-18(16)13-12-17-8-6-14-27(15-17)22(28)20-11-5-4-10-19(20)21-23-25-26-24-21/h2-5,7,9-11,17H,6,8,12-15H2,1H3,(H,23,24,25,26). The van der Waals surface area contributed by atoms with Gasteiger partial charge in [0.15, 0.2) is 0 Å². The Morgan fingerprint density at radius 2 is 2.00 bits per heavy atom. The first-order valence-electron chi connectivity index (χ1n) is 9.89. The van der Waals surface area contributed by atoms with Gasteiger partial charge in [0.05, 0.1) is 5.56 Å². The quantitative estimate of drug-likeness (QED) is 0.738. The molecule has 4 rings (SSSR count). The first kappa shape index (κ1) is 18.3. The van der Waals surface area contributed by atoms with Crippen molar-refractivity contribution >= 4 is 5.91 Å². The fourth-order valence-corrected chi connectivity index (χ4v) is 4.05. The molecular weight excluding hydrogens is 350 g/mol. The fourth-order valence-electron chi connectivity index (χ4n) is 4.05. The van der Waals surface area contributed by atoms with Crippen LogP contribution in [0, 0.1) is 12.8 Å². The van der Waals surface area contributed by atoms with Crippen molar-refractivity contribution in [3.8, 4) is 11.4 Å². The third-order valence-corrected chi connectivity index (χ3v) is 5.63. The monoisotopic (exact) mass is 375 g/mol. The summed E-state index contributed by atoms with van der Waals surface area (Å²) in [4.78, 5) is 15.2. The molecule has 144 valence electrons. The highest BCUT2D eigenvalue weighted by Gasteiger charge is 2.26. The molecule has 1 fully saturated rings. The van der Waals surface area contributed by atoms with Gasteiger partial charge in [-0.25, -0.2) is 0 Å². The van der Waals surface area contributed by atoms with Gasteiger partial charge in [-0.05, 0) is 60.9 Å². The predicted octanol–water partition coefficient (Wildman–Crippen LogP) is 3.66. The Kier molecular flexibility index (Phi) is 5.46. The van der Waals surface area contributed by atoms with E-state index in [0.717, 1.165) is 37.9 Å². The van der Waals surface area contributed by atoms with E-state index in [9.17, 15) is 4.79 Å². The van der Waals surface area contributed by atoms with Crippen molar-refractivity contribution in [3.63, 3.8) is 0 Å². The number of carbonyl (C=O) groups excluding carboxylic acids is 1. The number of hydrogen-bond donors (Lipinski definition) is 1. The van der Waals surface area contributed by atoms with Gasteiger partial charge in [-0.3, -0.25) is 4.79 Å². The average Bonchev–Trinajstić information content (AvgIpc) is 3.28. The Balaban J connectivity index is 1.45. The smallest absolute Gasteiger partial charge is 0.254 e. The molecule has 2 heterocycles. The second-order valence-electron chi connectivity index (χ2n) is 7.51. The van der Waals surface area contributed by atoms with E-state index in [1.54, 1.807) is 0 Å². The van der Waals surface area contributed by atoms with Gasteiger partial charge in [-0.15, -0.1) is 10.2 Å². The summed E-state index contributed by atoms with van der Waals surface area (Å²) in [5.74, 6) is 1.05. The minimum Gasteiger partial charge on any atom is -0.338 e. The van der Waals surface area contributed by atoms with Crippen LogP contribution < -0.4 is 0 Å². The molecule has 0 aliphatic carbocycles. The summed E-state index contributed by atoms with van der Waals surface area (Å²) in [5, 5.41) is 14.2. The molecule has 6 heteroatoms. The molecule has 1 atom stereocenters. The molecule has 1 saturated heterocycles. The maximum absolute atomic E-state index is 13.2. The van der Waals surface area contributed by atoms with E-state index in [4.69, 9.17) is 0 Å². The van der Waals surface area contributed by atoms with Crippen LogP contribution in [0.25, 0.3) is 11.4 Å². The van der Waals surface area contributed by atoms with Gasteiger partial charge >= 0.3 is 0 Å². The first-order chi connectivity index (χ1) is 13.7. The fraction of sp³-hybridized carbons (Fsp3) is 0.364. The zero-order chi connectivity index (χ0) is 19.3. The molecule has 2 aromatic carbocycles. The summed E-state index contributed by atoms with van der Waals surface area (Å²) in [6.45, 7) is 3.78. The molecule has 1 aliphatic rings. The van der Waals surface area contributed by atoms with Gasteiger partial charge in [0, 0.05) is 18.7 Å². The number of carbonyl (C=O) groups is 1. The molecule has 0 radical (unpaired) electrons. The van der Waals surface area contributed by atoms with Crippen molar-refractivity contribution < 1.29 is 4.79 Å².